The van der Waals surface area contributed by atoms with Crippen molar-refractivity contribution in [1.82, 2.24) is 9.97 Å². The van der Waals surface area contributed by atoms with Crippen LogP contribution in [0.3, 0.4) is 0 Å². The number of hydrogen-bond donors (Lipinski definition) is 2. The fraction of sp³-hybridized carbons (Fsp3) is 0.316. The highest BCUT2D eigenvalue weighted by molar-refractivity contribution is 7.99. The van der Waals surface area contributed by atoms with Crippen LogP contribution in [-0.4, -0.2) is 28.2 Å². The number of anilines is 1. The van der Waals surface area contributed by atoms with E-state index in [1.54, 1.807) is 6.08 Å². The van der Waals surface area contributed by atoms with Crippen molar-refractivity contribution >= 4 is 23.5 Å². The van der Waals surface area contributed by atoms with Crippen LogP contribution in [0.15, 0.2) is 46.9 Å². The lowest BCUT2D eigenvalue weighted by atomic mass is 9.87. The first kappa shape index (κ1) is 18.3. The summed E-state index contributed by atoms with van der Waals surface area (Å²) in [5.41, 5.74) is 1.18. The highest BCUT2D eigenvalue weighted by Gasteiger charge is 2.30. The Morgan fingerprint density at radius 2 is 2.12 bits per heavy atom. The number of aromatic nitrogens is 2. The molecule has 0 aliphatic carbocycles. The summed E-state index contributed by atoms with van der Waals surface area (Å²) < 4.78 is 5.48. The zero-order valence-electron chi connectivity index (χ0n) is 14.6. The predicted molar refractivity (Wildman–Crippen MR) is 103 cm³/mol. The van der Waals surface area contributed by atoms with Gasteiger partial charge >= 0.3 is 0 Å². The van der Waals surface area contributed by atoms with Crippen LogP contribution in [0.5, 0.6) is 5.75 Å². The molecule has 0 saturated carbocycles. The van der Waals surface area contributed by atoms with E-state index in [9.17, 15) is 9.59 Å². The van der Waals surface area contributed by atoms with Gasteiger partial charge in [0.25, 0.3) is 5.56 Å². The minimum Gasteiger partial charge on any atom is -0.490 e. The summed E-state index contributed by atoms with van der Waals surface area (Å²) in [7, 11) is 0. The van der Waals surface area contributed by atoms with Crippen molar-refractivity contribution in [2.24, 2.45) is 0 Å². The van der Waals surface area contributed by atoms with Crippen molar-refractivity contribution in [3.8, 4) is 5.75 Å². The Labute approximate surface area is 156 Å². The SMILES string of the molecule is C=CCOc1ccc([C@@H]2CC(=O)Nc3nc(SCCC)[nH]c(=O)c32)cc1. The van der Waals surface area contributed by atoms with E-state index in [2.05, 4.69) is 28.8 Å². The van der Waals surface area contributed by atoms with E-state index in [1.807, 2.05) is 24.3 Å². The molecular weight excluding hydrogens is 350 g/mol. The summed E-state index contributed by atoms with van der Waals surface area (Å²) >= 11 is 1.47. The van der Waals surface area contributed by atoms with Crippen LogP contribution in [0.25, 0.3) is 0 Å². The van der Waals surface area contributed by atoms with E-state index < -0.39 is 0 Å². The van der Waals surface area contributed by atoms with Crippen LogP contribution in [0, 0.1) is 0 Å². The molecule has 7 heteroatoms. The number of nitrogens with one attached hydrogen (secondary N) is 2. The largest absolute Gasteiger partial charge is 0.490 e. The minimum atomic E-state index is -0.325. The Morgan fingerprint density at radius 3 is 2.81 bits per heavy atom. The summed E-state index contributed by atoms with van der Waals surface area (Å²) in [4.78, 5) is 32.1. The van der Waals surface area contributed by atoms with Crippen LogP contribution in [0.1, 0.15) is 36.8 Å². The van der Waals surface area contributed by atoms with Gasteiger partial charge in [0.05, 0.1) is 5.56 Å². The number of ether oxygens (including phenoxy) is 1. The number of nitrogens with zero attached hydrogens (tertiary/aromatic N) is 1. The molecule has 6 nitrogen and oxygen atoms in total. The van der Waals surface area contributed by atoms with Gasteiger partial charge in [0.2, 0.25) is 5.91 Å². The molecule has 0 saturated heterocycles. The Bertz CT molecular complexity index is 861. The number of fused-ring (bicyclic) bond motifs is 1. The number of amides is 1. The highest BCUT2D eigenvalue weighted by Crippen LogP contribution is 2.35. The van der Waals surface area contributed by atoms with Gasteiger partial charge < -0.3 is 15.0 Å². The van der Waals surface area contributed by atoms with Crippen molar-refractivity contribution in [1.29, 1.82) is 0 Å². The van der Waals surface area contributed by atoms with E-state index in [1.165, 1.54) is 11.8 Å². The van der Waals surface area contributed by atoms with Crippen molar-refractivity contribution in [2.75, 3.05) is 17.7 Å². The molecule has 2 heterocycles. The van der Waals surface area contributed by atoms with Gasteiger partial charge in [-0.15, -0.1) is 0 Å². The van der Waals surface area contributed by atoms with E-state index >= 15 is 0 Å². The third kappa shape index (κ3) is 3.99. The first-order valence-corrected chi connectivity index (χ1v) is 9.51. The molecule has 1 aromatic carbocycles. The lowest BCUT2D eigenvalue weighted by Crippen LogP contribution is -2.31. The first-order valence-electron chi connectivity index (χ1n) is 8.53. The number of H-pyrrole nitrogens is 1. The molecule has 3 rings (SSSR count). The molecule has 0 spiro atoms. The number of carbonyl (C=O) groups excluding carboxylic acids is 1. The van der Waals surface area contributed by atoms with Gasteiger partial charge in [-0.05, 0) is 24.1 Å². The average Bonchev–Trinajstić information content (AvgIpc) is 2.64. The van der Waals surface area contributed by atoms with Crippen molar-refractivity contribution in [3.05, 3.63) is 58.4 Å². The predicted octanol–water partition coefficient (Wildman–Crippen LogP) is 3.31. The Hall–Kier alpha value is -2.54. The fourth-order valence-corrected chi connectivity index (χ4v) is 3.57. The molecule has 0 unspecified atom stereocenters. The van der Waals surface area contributed by atoms with E-state index in [-0.39, 0.29) is 23.8 Å². The van der Waals surface area contributed by atoms with Crippen molar-refractivity contribution < 1.29 is 9.53 Å². The molecule has 26 heavy (non-hydrogen) atoms. The molecule has 1 aromatic heterocycles. The summed E-state index contributed by atoms with van der Waals surface area (Å²) in [6.45, 7) is 6.10. The molecular formula is C19H21N3O3S. The monoisotopic (exact) mass is 371 g/mol. The zero-order valence-corrected chi connectivity index (χ0v) is 15.4. The van der Waals surface area contributed by atoms with Crippen LogP contribution in [0.4, 0.5) is 5.82 Å². The molecule has 2 N–H and O–H groups in total. The molecule has 0 fully saturated rings. The number of benzene rings is 1. The molecule has 1 aliphatic heterocycles. The Balaban J connectivity index is 1.94. The molecule has 0 radical (unpaired) electrons. The maximum absolute atomic E-state index is 12.7. The van der Waals surface area contributed by atoms with Gasteiger partial charge in [0, 0.05) is 18.1 Å². The third-order valence-electron chi connectivity index (χ3n) is 4.02. The molecule has 1 aliphatic rings. The van der Waals surface area contributed by atoms with Crippen LogP contribution in [0.2, 0.25) is 0 Å². The quantitative estimate of drug-likeness (QED) is 0.443. The number of hydrogen-bond acceptors (Lipinski definition) is 5. The number of carbonyl (C=O) groups is 1. The van der Waals surface area contributed by atoms with Gasteiger partial charge in [-0.3, -0.25) is 9.59 Å². The van der Waals surface area contributed by atoms with Crippen LogP contribution < -0.4 is 15.6 Å². The summed E-state index contributed by atoms with van der Waals surface area (Å²) in [6.07, 6.45) is 2.86. The first-order chi connectivity index (χ1) is 12.6. The van der Waals surface area contributed by atoms with Crippen molar-refractivity contribution in [2.45, 2.75) is 30.8 Å². The molecule has 0 bridgehead atoms. The highest BCUT2D eigenvalue weighted by atomic mass is 32.2. The molecule has 136 valence electrons. The zero-order chi connectivity index (χ0) is 18.5. The number of rotatable bonds is 7. The Kier molecular flexibility index (Phi) is 5.78. The lowest BCUT2D eigenvalue weighted by molar-refractivity contribution is -0.116. The van der Waals surface area contributed by atoms with E-state index in [4.69, 9.17) is 4.74 Å². The average molecular weight is 371 g/mol. The molecule has 1 amide bonds. The number of aromatic amines is 1. The number of thioether (sulfide) groups is 1. The van der Waals surface area contributed by atoms with Crippen LogP contribution >= 0.6 is 11.8 Å². The third-order valence-corrected chi connectivity index (χ3v) is 5.10. The molecule has 2 aromatic rings. The fourth-order valence-electron chi connectivity index (χ4n) is 2.85. The second kappa shape index (κ2) is 8.23. The lowest BCUT2D eigenvalue weighted by Gasteiger charge is -2.24. The standard InChI is InChI=1S/C19H21N3O3S/c1-3-9-25-13-7-5-12(6-8-13)14-11-15(23)20-17-16(14)18(24)22-19(21-17)26-10-4-2/h3,5-8,14H,1,4,9-11H2,2H3,(H2,20,21,22,23,24)/t14-/m0/s1. The minimum absolute atomic E-state index is 0.140. The second-order valence-electron chi connectivity index (χ2n) is 5.96. The second-order valence-corrected chi connectivity index (χ2v) is 7.04. The Morgan fingerprint density at radius 1 is 1.35 bits per heavy atom. The topological polar surface area (TPSA) is 84.1 Å². The summed E-state index contributed by atoms with van der Waals surface area (Å²) in [5.74, 6) is 1.46. The van der Waals surface area contributed by atoms with Crippen LogP contribution in [-0.2, 0) is 4.79 Å². The van der Waals surface area contributed by atoms with Gasteiger partial charge in [-0.2, -0.15) is 0 Å². The summed E-state index contributed by atoms with van der Waals surface area (Å²) in [6, 6.07) is 7.42. The smallest absolute Gasteiger partial charge is 0.257 e. The maximum atomic E-state index is 12.7. The van der Waals surface area contributed by atoms with E-state index in [0.717, 1.165) is 17.7 Å². The summed E-state index contributed by atoms with van der Waals surface area (Å²) in [5, 5.41) is 3.27. The van der Waals surface area contributed by atoms with Gasteiger partial charge in [0.15, 0.2) is 5.16 Å². The maximum Gasteiger partial charge on any atom is 0.257 e. The van der Waals surface area contributed by atoms with Gasteiger partial charge in [-0.25, -0.2) is 4.98 Å². The van der Waals surface area contributed by atoms with Crippen molar-refractivity contribution in [3.63, 3.8) is 0 Å². The van der Waals surface area contributed by atoms with Gasteiger partial charge in [-0.1, -0.05) is 43.5 Å². The van der Waals surface area contributed by atoms with Gasteiger partial charge in [0.1, 0.15) is 18.2 Å². The van der Waals surface area contributed by atoms with E-state index in [0.29, 0.717) is 28.9 Å². The molecule has 1 atom stereocenters. The normalized spacial score (nSPS) is 15.9.